The number of carbonyl (C=O) groups excluding carboxylic acids is 2. The molecule has 0 unspecified atom stereocenters. The number of ether oxygens (including phenoxy) is 1. The van der Waals surface area contributed by atoms with Crippen molar-refractivity contribution in [3.63, 3.8) is 0 Å². The Bertz CT molecular complexity index is 1920. The zero-order valence-corrected chi connectivity index (χ0v) is 24.4. The standard InChI is InChI=1S/C31H28F4N8O3/c1-46-25-13-17(4-7-23(25)40-30(45)20-6-5-18(14-21(20)32)31(33,34)35)27-26-28(36)38-16-39-29(26)43(41-27)19-8-11-42(12-9-19)15-24(44)22-3-2-10-37-22/h2-7,10,13-14,16,19,37H,8-9,11-12,15H2,1H3,(H,40,45)(H2,36,38,39). The van der Waals surface area contributed by atoms with E-state index in [0.29, 0.717) is 66.5 Å². The molecule has 15 heteroatoms. The fourth-order valence-corrected chi connectivity index (χ4v) is 5.57. The maximum Gasteiger partial charge on any atom is 0.416 e. The summed E-state index contributed by atoms with van der Waals surface area (Å²) >= 11 is 0. The number of fused-ring (bicyclic) bond motifs is 1. The van der Waals surface area contributed by atoms with Gasteiger partial charge in [0.2, 0.25) is 0 Å². The Morgan fingerprint density at radius 2 is 1.89 bits per heavy atom. The first-order valence-corrected chi connectivity index (χ1v) is 14.3. The summed E-state index contributed by atoms with van der Waals surface area (Å²) < 4.78 is 60.5. The van der Waals surface area contributed by atoms with Gasteiger partial charge < -0.3 is 20.8 Å². The normalized spacial score (nSPS) is 14.5. The number of alkyl halides is 3. The average molecular weight is 637 g/mol. The number of anilines is 2. The molecule has 5 aromatic rings. The highest BCUT2D eigenvalue weighted by Crippen LogP contribution is 2.38. The van der Waals surface area contributed by atoms with Gasteiger partial charge in [0, 0.05) is 24.8 Å². The van der Waals surface area contributed by atoms with E-state index in [9.17, 15) is 27.2 Å². The number of ketones is 1. The van der Waals surface area contributed by atoms with Crippen molar-refractivity contribution in [3.05, 3.63) is 83.7 Å². The van der Waals surface area contributed by atoms with Gasteiger partial charge in [-0.15, -0.1) is 0 Å². The first-order chi connectivity index (χ1) is 22.0. The van der Waals surface area contributed by atoms with Crippen LogP contribution < -0.4 is 15.8 Å². The van der Waals surface area contributed by atoms with Crippen molar-refractivity contribution < 1.29 is 31.9 Å². The summed E-state index contributed by atoms with van der Waals surface area (Å²) in [6.45, 7) is 1.66. The van der Waals surface area contributed by atoms with E-state index in [1.54, 1.807) is 30.5 Å². The molecule has 0 atom stereocenters. The molecule has 0 aliphatic carbocycles. The highest BCUT2D eigenvalue weighted by molar-refractivity contribution is 6.06. The van der Waals surface area contributed by atoms with E-state index in [4.69, 9.17) is 15.6 Å². The molecule has 4 heterocycles. The number of benzene rings is 2. The number of aromatic nitrogens is 5. The molecule has 46 heavy (non-hydrogen) atoms. The summed E-state index contributed by atoms with van der Waals surface area (Å²) in [7, 11) is 1.37. The minimum absolute atomic E-state index is 0.0221. The average Bonchev–Trinajstić information content (AvgIpc) is 3.71. The summed E-state index contributed by atoms with van der Waals surface area (Å²) in [6.07, 6.45) is -0.235. The first-order valence-electron chi connectivity index (χ1n) is 14.3. The number of carbonyl (C=O) groups is 2. The summed E-state index contributed by atoms with van der Waals surface area (Å²) in [5.41, 5.74) is 6.84. The molecule has 1 amide bonds. The number of nitrogen functional groups attached to an aromatic ring is 1. The molecule has 0 bridgehead atoms. The molecule has 2 aromatic carbocycles. The largest absolute Gasteiger partial charge is 0.495 e. The Morgan fingerprint density at radius 3 is 2.57 bits per heavy atom. The van der Waals surface area contributed by atoms with Crippen molar-refractivity contribution in [1.29, 1.82) is 0 Å². The van der Waals surface area contributed by atoms with Crippen molar-refractivity contribution in [2.24, 2.45) is 0 Å². The van der Waals surface area contributed by atoms with Gasteiger partial charge in [-0.25, -0.2) is 19.0 Å². The molecule has 3 aromatic heterocycles. The second-order valence-corrected chi connectivity index (χ2v) is 10.8. The van der Waals surface area contributed by atoms with Crippen LogP contribution in [0.5, 0.6) is 5.75 Å². The number of methoxy groups -OCH3 is 1. The van der Waals surface area contributed by atoms with E-state index in [0.717, 1.165) is 6.07 Å². The molecule has 4 N–H and O–H groups in total. The minimum atomic E-state index is -4.75. The molecule has 238 valence electrons. The SMILES string of the molecule is COc1cc(-c2nn(C3CCN(CC(=O)c4ccc[nH]4)CC3)c3ncnc(N)c23)ccc1NC(=O)c1ccc(C(F)(F)F)cc1F. The van der Waals surface area contributed by atoms with Crippen molar-refractivity contribution in [2.45, 2.75) is 25.1 Å². The smallest absolute Gasteiger partial charge is 0.416 e. The van der Waals surface area contributed by atoms with E-state index in [2.05, 4.69) is 25.2 Å². The predicted molar refractivity (Wildman–Crippen MR) is 161 cm³/mol. The van der Waals surface area contributed by atoms with Crippen LogP contribution in [0.2, 0.25) is 0 Å². The number of halogens is 4. The first kappa shape index (κ1) is 30.7. The number of nitrogens with one attached hydrogen (secondary N) is 2. The number of piperidine rings is 1. The lowest BCUT2D eigenvalue weighted by Gasteiger charge is -2.31. The van der Waals surface area contributed by atoms with E-state index < -0.39 is 29.0 Å². The Morgan fingerprint density at radius 1 is 1.11 bits per heavy atom. The van der Waals surface area contributed by atoms with Gasteiger partial charge in [0.05, 0.1) is 47.6 Å². The van der Waals surface area contributed by atoms with Crippen molar-refractivity contribution in [2.75, 3.05) is 37.8 Å². The summed E-state index contributed by atoms with van der Waals surface area (Å²) in [6, 6.07) is 9.97. The van der Waals surface area contributed by atoms with Crippen LogP contribution >= 0.6 is 0 Å². The summed E-state index contributed by atoms with van der Waals surface area (Å²) in [4.78, 5) is 39.0. The van der Waals surface area contributed by atoms with E-state index >= 15 is 0 Å². The molecular weight excluding hydrogens is 608 g/mol. The van der Waals surface area contributed by atoms with Gasteiger partial charge in [0.15, 0.2) is 11.4 Å². The second-order valence-electron chi connectivity index (χ2n) is 10.8. The van der Waals surface area contributed by atoms with E-state index in [1.165, 1.54) is 19.5 Å². The molecular formula is C31H28F4N8O3. The monoisotopic (exact) mass is 636 g/mol. The molecule has 0 spiro atoms. The highest BCUT2D eigenvalue weighted by atomic mass is 19.4. The molecule has 1 fully saturated rings. The van der Waals surface area contributed by atoms with Crippen LogP contribution in [0.3, 0.4) is 0 Å². The Hall–Kier alpha value is -5.31. The molecule has 6 rings (SSSR count). The van der Waals surface area contributed by atoms with Gasteiger partial charge in [0.1, 0.15) is 29.4 Å². The third-order valence-corrected chi connectivity index (χ3v) is 7.95. The summed E-state index contributed by atoms with van der Waals surface area (Å²) in [5, 5.41) is 7.91. The van der Waals surface area contributed by atoms with Crippen LogP contribution in [-0.2, 0) is 6.18 Å². The van der Waals surface area contributed by atoms with Crippen molar-refractivity contribution in [1.82, 2.24) is 29.6 Å². The Balaban J connectivity index is 1.24. The highest BCUT2D eigenvalue weighted by Gasteiger charge is 2.32. The number of H-pyrrole nitrogens is 1. The maximum atomic E-state index is 14.4. The number of rotatable bonds is 8. The Kier molecular flexibility index (Phi) is 8.17. The number of hydrogen-bond donors (Lipinski definition) is 3. The van der Waals surface area contributed by atoms with E-state index in [1.807, 2.05) is 4.68 Å². The second kappa shape index (κ2) is 12.2. The predicted octanol–water partition coefficient (Wildman–Crippen LogP) is 5.34. The number of nitrogens with zero attached hydrogens (tertiary/aromatic N) is 5. The number of hydrogen-bond acceptors (Lipinski definition) is 8. The van der Waals surface area contributed by atoms with Crippen LogP contribution in [0.25, 0.3) is 22.3 Å². The van der Waals surface area contributed by atoms with Gasteiger partial charge in [0.25, 0.3) is 5.91 Å². The fraction of sp³-hybridized carbons (Fsp3) is 0.258. The minimum Gasteiger partial charge on any atom is -0.495 e. The topological polar surface area (TPSA) is 144 Å². The van der Waals surface area contributed by atoms with Gasteiger partial charge >= 0.3 is 6.18 Å². The number of Topliss-reactive ketones (excluding diaryl/α,β-unsaturated/α-hetero) is 1. The zero-order valence-electron chi connectivity index (χ0n) is 24.4. The van der Waals surface area contributed by atoms with Gasteiger partial charge in [-0.1, -0.05) is 6.07 Å². The van der Waals surface area contributed by atoms with Gasteiger partial charge in [-0.2, -0.15) is 18.3 Å². The van der Waals surface area contributed by atoms with Crippen LogP contribution in [0, 0.1) is 5.82 Å². The number of nitrogens with two attached hydrogens (primary N) is 1. The van der Waals surface area contributed by atoms with Crippen molar-refractivity contribution in [3.8, 4) is 17.0 Å². The fourth-order valence-electron chi connectivity index (χ4n) is 5.57. The third kappa shape index (κ3) is 6.00. The Labute approximate surface area is 259 Å². The van der Waals surface area contributed by atoms with Crippen LogP contribution in [0.4, 0.5) is 29.1 Å². The van der Waals surface area contributed by atoms with E-state index in [-0.39, 0.29) is 35.1 Å². The lowest BCUT2D eigenvalue weighted by Crippen LogP contribution is -2.38. The molecule has 1 aliphatic heterocycles. The van der Waals surface area contributed by atoms with Crippen molar-refractivity contribution >= 4 is 34.2 Å². The lowest BCUT2D eigenvalue weighted by molar-refractivity contribution is -0.137. The van der Waals surface area contributed by atoms with Crippen LogP contribution in [0.1, 0.15) is 45.3 Å². The van der Waals surface area contributed by atoms with Gasteiger partial charge in [-0.3, -0.25) is 14.5 Å². The third-order valence-electron chi connectivity index (χ3n) is 7.95. The number of amides is 1. The summed E-state index contributed by atoms with van der Waals surface area (Å²) in [5.74, 6) is -1.83. The molecule has 0 radical (unpaired) electrons. The van der Waals surface area contributed by atoms with Gasteiger partial charge in [-0.05, 0) is 55.3 Å². The van der Waals surface area contributed by atoms with Crippen LogP contribution in [0.15, 0.2) is 61.1 Å². The number of likely N-dealkylation sites (tertiary alicyclic amines) is 1. The number of aromatic amines is 1. The zero-order chi connectivity index (χ0) is 32.6. The molecule has 0 saturated carbocycles. The quantitative estimate of drug-likeness (QED) is 0.153. The van der Waals surface area contributed by atoms with Crippen LogP contribution in [-0.4, -0.2) is 68.1 Å². The molecule has 11 nitrogen and oxygen atoms in total. The molecule has 1 aliphatic rings. The maximum absolute atomic E-state index is 14.4. The lowest BCUT2D eigenvalue weighted by atomic mass is 10.0. The molecule has 1 saturated heterocycles.